The maximum absolute atomic E-state index is 8.77. The zero-order chi connectivity index (χ0) is 8.72. The highest BCUT2D eigenvalue weighted by Gasteiger charge is 2.38. The minimum atomic E-state index is -1.36. The van der Waals surface area contributed by atoms with Crippen molar-refractivity contribution in [2.75, 3.05) is 0 Å². The van der Waals surface area contributed by atoms with Crippen molar-refractivity contribution in [2.45, 2.75) is 31.6 Å². The highest BCUT2D eigenvalue weighted by molar-refractivity contribution is 5.29. The van der Waals surface area contributed by atoms with Crippen molar-refractivity contribution in [3.8, 4) is 0 Å². The van der Waals surface area contributed by atoms with Crippen molar-refractivity contribution in [3.05, 3.63) is 11.6 Å². The summed E-state index contributed by atoms with van der Waals surface area (Å²) in [5, 5.41) is 17.5. The van der Waals surface area contributed by atoms with Crippen LogP contribution in [-0.4, -0.2) is 22.5 Å². The lowest BCUT2D eigenvalue weighted by Gasteiger charge is -2.17. The first-order valence-electron chi connectivity index (χ1n) is 4.49. The Labute approximate surface area is 71.9 Å². The van der Waals surface area contributed by atoms with Gasteiger partial charge < -0.3 is 15.9 Å². The van der Waals surface area contributed by atoms with E-state index in [1.807, 2.05) is 0 Å². The van der Waals surface area contributed by atoms with Crippen molar-refractivity contribution in [2.24, 2.45) is 17.6 Å². The van der Waals surface area contributed by atoms with Gasteiger partial charge in [-0.2, -0.15) is 0 Å². The molecule has 12 heavy (non-hydrogen) atoms. The Morgan fingerprint density at radius 1 is 1.58 bits per heavy atom. The SMILES string of the molecule is N[C@@H](CC1C=C2CC2C1)C(O)O. The Kier molecular flexibility index (Phi) is 1.94. The first-order chi connectivity index (χ1) is 5.66. The summed E-state index contributed by atoms with van der Waals surface area (Å²) in [5.41, 5.74) is 7.08. The highest BCUT2D eigenvalue weighted by Crippen LogP contribution is 2.50. The largest absolute Gasteiger partial charge is 0.367 e. The van der Waals surface area contributed by atoms with Crippen LogP contribution in [0.1, 0.15) is 19.3 Å². The number of nitrogens with two attached hydrogens (primary N) is 1. The molecule has 0 aromatic rings. The molecule has 0 amide bonds. The van der Waals surface area contributed by atoms with Gasteiger partial charge in [-0.3, -0.25) is 0 Å². The van der Waals surface area contributed by atoms with E-state index in [1.165, 1.54) is 12.8 Å². The van der Waals surface area contributed by atoms with Crippen molar-refractivity contribution in [1.82, 2.24) is 0 Å². The van der Waals surface area contributed by atoms with Crippen molar-refractivity contribution < 1.29 is 10.2 Å². The molecule has 2 unspecified atom stereocenters. The fourth-order valence-corrected chi connectivity index (χ4v) is 2.04. The summed E-state index contributed by atoms with van der Waals surface area (Å²) in [5.74, 6) is 1.31. The average molecular weight is 169 g/mol. The van der Waals surface area contributed by atoms with Gasteiger partial charge in [0, 0.05) is 0 Å². The molecule has 4 N–H and O–H groups in total. The van der Waals surface area contributed by atoms with E-state index >= 15 is 0 Å². The molecule has 0 aliphatic heterocycles. The van der Waals surface area contributed by atoms with Crippen LogP contribution in [0, 0.1) is 11.8 Å². The summed E-state index contributed by atoms with van der Waals surface area (Å²) in [4.78, 5) is 0. The Hall–Kier alpha value is -0.380. The van der Waals surface area contributed by atoms with E-state index in [1.54, 1.807) is 5.57 Å². The highest BCUT2D eigenvalue weighted by atomic mass is 16.5. The Morgan fingerprint density at radius 2 is 2.33 bits per heavy atom. The third-order valence-electron chi connectivity index (χ3n) is 2.84. The van der Waals surface area contributed by atoms with Gasteiger partial charge in [0.25, 0.3) is 0 Å². The molecular weight excluding hydrogens is 154 g/mol. The Balaban J connectivity index is 1.80. The van der Waals surface area contributed by atoms with Gasteiger partial charge in [0.1, 0.15) is 0 Å². The third-order valence-corrected chi connectivity index (χ3v) is 2.84. The number of hydrogen-bond donors (Lipinski definition) is 3. The summed E-state index contributed by atoms with van der Waals surface area (Å²) >= 11 is 0. The van der Waals surface area contributed by atoms with Gasteiger partial charge in [-0.05, 0) is 31.1 Å². The van der Waals surface area contributed by atoms with Crippen molar-refractivity contribution in [3.63, 3.8) is 0 Å². The van der Waals surface area contributed by atoms with Crippen LogP contribution in [0.25, 0.3) is 0 Å². The zero-order valence-corrected chi connectivity index (χ0v) is 6.98. The van der Waals surface area contributed by atoms with E-state index in [0.717, 1.165) is 5.92 Å². The van der Waals surface area contributed by atoms with Crippen LogP contribution in [0.3, 0.4) is 0 Å². The fraction of sp³-hybridized carbons (Fsp3) is 0.778. The molecule has 68 valence electrons. The lowest BCUT2D eigenvalue weighted by atomic mass is 9.97. The van der Waals surface area contributed by atoms with Crippen LogP contribution in [-0.2, 0) is 0 Å². The smallest absolute Gasteiger partial charge is 0.166 e. The topological polar surface area (TPSA) is 66.5 Å². The van der Waals surface area contributed by atoms with Gasteiger partial charge >= 0.3 is 0 Å². The number of hydrogen-bond acceptors (Lipinski definition) is 3. The summed E-state index contributed by atoms with van der Waals surface area (Å²) in [6.07, 6.45) is 4.05. The van der Waals surface area contributed by atoms with Gasteiger partial charge in [-0.25, -0.2) is 0 Å². The number of aliphatic hydroxyl groups excluding tert-OH is 1. The molecule has 0 radical (unpaired) electrons. The predicted octanol–water partition coefficient (Wildman–Crippen LogP) is -0.0193. The summed E-state index contributed by atoms with van der Waals surface area (Å²) in [6.45, 7) is 0. The molecule has 2 aliphatic carbocycles. The molecule has 0 spiro atoms. The number of rotatable bonds is 3. The van der Waals surface area contributed by atoms with E-state index < -0.39 is 12.3 Å². The van der Waals surface area contributed by atoms with Gasteiger partial charge in [0.2, 0.25) is 0 Å². The lowest BCUT2D eigenvalue weighted by Crippen LogP contribution is -2.35. The third kappa shape index (κ3) is 1.53. The monoisotopic (exact) mass is 169 g/mol. The minimum absolute atomic E-state index is 0.482. The molecule has 3 atom stereocenters. The Bertz CT molecular complexity index is 213. The normalized spacial score (nSPS) is 34.8. The molecule has 0 heterocycles. The maximum atomic E-state index is 8.77. The van der Waals surface area contributed by atoms with Crippen LogP contribution >= 0.6 is 0 Å². The van der Waals surface area contributed by atoms with Crippen molar-refractivity contribution in [1.29, 1.82) is 0 Å². The molecule has 0 aromatic carbocycles. The van der Waals surface area contributed by atoms with Crippen LogP contribution < -0.4 is 5.73 Å². The molecule has 0 saturated heterocycles. The van der Waals surface area contributed by atoms with Crippen molar-refractivity contribution >= 4 is 0 Å². The van der Waals surface area contributed by atoms with Gasteiger partial charge in [0.15, 0.2) is 6.29 Å². The molecule has 3 nitrogen and oxygen atoms in total. The molecule has 0 bridgehead atoms. The second-order valence-corrected chi connectivity index (χ2v) is 3.95. The number of allylic oxidation sites excluding steroid dienone is 2. The first kappa shape index (κ1) is 8.23. The molecular formula is C9H15NO2. The van der Waals surface area contributed by atoms with Crippen LogP contribution in [0.2, 0.25) is 0 Å². The molecule has 2 aliphatic rings. The van der Waals surface area contributed by atoms with E-state index in [-0.39, 0.29) is 0 Å². The van der Waals surface area contributed by atoms with E-state index in [9.17, 15) is 0 Å². The Morgan fingerprint density at radius 3 is 2.83 bits per heavy atom. The van der Waals surface area contributed by atoms with Crippen LogP contribution in [0.5, 0.6) is 0 Å². The second kappa shape index (κ2) is 2.83. The van der Waals surface area contributed by atoms with Crippen LogP contribution in [0.4, 0.5) is 0 Å². The van der Waals surface area contributed by atoms with Gasteiger partial charge in [0.05, 0.1) is 6.04 Å². The zero-order valence-electron chi connectivity index (χ0n) is 6.98. The predicted molar refractivity (Wildman–Crippen MR) is 45.1 cm³/mol. The summed E-state index contributed by atoms with van der Waals surface area (Å²) in [7, 11) is 0. The number of fused-ring (bicyclic) bond motifs is 1. The lowest BCUT2D eigenvalue weighted by molar-refractivity contribution is -0.0616. The molecule has 1 saturated carbocycles. The first-order valence-corrected chi connectivity index (χ1v) is 4.49. The van der Waals surface area contributed by atoms with E-state index in [2.05, 4.69) is 6.08 Å². The average Bonchev–Trinajstić information content (AvgIpc) is 2.59. The summed E-state index contributed by atoms with van der Waals surface area (Å²) in [6, 6.07) is -0.482. The van der Waals surface area contributed by atoms with E-state index in [0.29, 0.717) is 12.3 Å². The maximum Gasteiger partial charge on any atom is 0.166 e. The molecule has 3 heteroatoms. The molecule has 1 fully saturated rings. The second-order valence-electron chi connectivity index (χ2n) is 3.95. The van der Waals surface area contributed by atoms with E-state index in [4.69, 9.17) is 15.9 Å². The quantitative estimate of drug-likeness (QED) is 0.411. The molecule has 2 rings (SSSR count). The number of aliphatic hydroxyl groups is 2. The van der Waals surface area contributed by atoms with Gasteiger partial charge in [-0.1, -0.05) is 11.6 Å². The van der Waals surface area contributed by atoms with Gasteiger partial charge in [-0.15, -0.1) is 0 Å². The standard InChI is InChI=1S/C9H15NO2/c10-8(9(11)12)3-5-1-6-4-7(6)2-5/h1,5,7-9,11-12H,2-4,10H2/t5?,7?,8-/m0/s1. The summed E-state index contributed by atoms with van der Waals surface area (Å²) < 4.78 is 0. The molecule has 0 aromatic heterocycles. The van der Waals surface area contributed by atoms with Crippen LogP contribution in [0.15, 0.2) is 11.6 Å². The fourth-order valence-electron chi connectivity index (χ4n) is 2.04. The minimum Gasteiger partial charge on any atom is -0.367 e.